The number of nitrogens with two attached hydrogens (primary N) is 1. The Balaban J connectivity index is 5.99. The molecule has 0 radical (unpaired) electrons. The quantitative estimate of drug-likeness (QED) is 0.0604. The molecule has 0 heterocycles. The molecule has 0 aliphatic rings. The van der Waals surface area contributed by atoms with Gasteiger partial charge in [0.05, 0.1) is 0 Å². The van der Waals surface area contributed by atoms with Crippen LogP contribution in [0, 0.1) is 5.41 Å². The maximum Gasteiger partial charge on any atom is 0.0211 e. The second kappa shape index (κ2) is 59.2. The van der Waals surface area contributed by atoms with Crippen molar-refractivity contribution in [1.82, 2.24) is 0 Å². The molecule has 0 atom stereocenters. The van der Waals surface area contributed by atoms with Crippen molar-refractivity contribution in [2.24, 2.45) is 11.1 Å². The number of rotatable bonds is 64. The fourth-order valence-corrected chi connectivity index (χ4v) is 12.9. The zero-order valence-electron chi connectivity index (χ0n) is 51.1. The molecule has 1 nitrogen and oxygen atoms in total. The minimum atomic E-state index is 0.0127. The molecule has 0 aliphatic carbocycles. The van der Waals surface area contributed by atoms with Crippen molar-refractivity contribution in [2.45, 2.75) is 445 Å². The van der Waals surface area contributed by atoms with Gasteiger partial charge in [0.1, 0.15) is 0 Å². The summed E-state index contributed by atoms with van der Waals surface area (Å²) in [6.45, 7) is 11.7. The van der Waals surface area contributed by atoms with Crippen LogP contribution in [-0.4, -0.2) is 5.54 Å². The molecule has 1 heteroatoms. The largest absolute Gasteiger partial charge is 0.325 e. The van der Waals surface area contributed by atoms with Gasteiger partial charge in [0.15, 0.2) is 0 Å². The van der Waals surface area contributed by atoms with Crippen LogP contribution >= 0.6 is 0 Å². The van der Waals surface area contributed by atoms with Gasteiger partial charge in [0.25, 0.3) is 0 Å². The van der Waals surface area contributed by atoms with Gasteiger partial charge in [0, 0.05) is 5.54 Å². The van der Waals surface area contributed by atoms with Gasteiger partial charge in [-0.1, -0.05) is 407 Å². The Bertz CT molecular complexity index is 882. The van der Waals surface area contributed by atoms with Gasteiger partial charge in [-0.2, -0.15) is 0 Å². The summed E-state index contributed by atoms with van der Waals surface area (Å²) in [4.78, 5) is 0. The van der Waals surface area contributed by atoms with E-state index in [9.17, 15) is 0 Å². The lowest BCUT2D eigenvalue weighted by atomic mass is 9.58. The summed E-state index contributed by atoms with van der Waals surface area (Å²) in [7, 11) is 0. The zero-order chi connectivity index (χ0) is 51.5. The van der Waals surface area contributed by atoms with E-state index in [-0.39, 0.29) is 5.54 Å². The molecular formula is C70H143N. The van der Waals surface area contributed by atoms with Crippen molar-refractivity contribution in [3.63, 3.8) is 0 Å². The first-order valence-corrected chi connectivity index (χ1v) is 34.8. The Morgan fingerprint density at radius 3 is 0.408 bits per heavy atom. The van der Waals surface area contributed by atoms with Gasteiger partial charge in [-0.25, -0.2) is 0 Å². The second-order valence-electron chi connectivity index (χ2n) is 24.9. The van der Waals surface area contributed by atoms with E-state index < -0.39 is 0 Å². The van der Waals surface area contributed by atoms with Gasteiger partial charge in [-0.05, 0) is 37.5 Å². The molecule has 0 bridgehead atoms. The van der Waals surface area contributed by atoms with E-state index in [1.165, 1.54) is 405 Å². The third kappa shape index (κ3) is 48.1. The smallest absolute Gasteiger partial charge is 0.0211 e. The molecule has 0 unspecified atom stereocenters. The molecule has 0 saturated heterocycles. The van der Waals surface area contributed by atoms with Crippen LogP contribution in [0.15, 0.2) is 0 Å². The summed E-state index contributed by atoms with van der Waals surface area (Å²) in [6.07, 6.45) is 90.6. The van der Waals surface area contributed by atoms with E-state index in [4.69, 9.17) is 5.73 Å². The number of hydrogen-bond donors (Lipinski definition) is 1. The van der Waals surface area contributed by atoms with Crippen molar-refractivity contribution in [2.75, 3.05) is 0 Å². The van der Waals surface area contributed by atoms with Crippen molar-refractivity contribution < 1.29 is 0 Å². The molecule has 71 heavy (non-hydrogen) atoms. The maximum absolute atomic E-state index is 8.34. The first-order chi connectivity index (χ1) is 35.1. The van der Waals surface area contributed by atoms with Gasteiger partial charge < -0.3 is 5.73 Å². The van der Waals surface area contributed by atoms with Gasteiger partial charge in [-0.15, -0.1) is 0 Å². The first kappa shape index (κ1) is 71.0. The lowest BCUT2D eigenvalue weighted by Crippen LogP contribution is -2.55. The van der Waals surface area contributed by atoms with Crippen molar-refractivity contribution in [1.29, 1.82) is 0 Å². The van der Waals surface area contributed by atoms with E-state index in [0.29, 0.717) is 5.41 Å². The maximum atomic E-state index is 8.34. The topological polar surface area (TPSA) is 26.0 Å². The van der Waals surface area contributed by atoms with Crippen LogP contribution < -0.4 is 5.73 Å². The monoisotopic (exact) mass is 998 g/mol. The van der Waals surface area contributed by atoms with Crippen LogP contribution in [-0.2, 0) is 0 Å². The molecule has 0 amide bonds. The minimum Gasteiger partial charge on any atom is -0.325 e. The summed E-state index contributed by atoms with van der Waals surface area (Å²) in [5, 5.41) is 0. The lowest BCUT2D eigenvalue weighted by molar-refractivity contribution is 0.0509. The van der Waals surface area contributed by atoms with E-state index in [1.807, 2.05) is 0 Å². The average Bonchev–Trinajstić information content (AvgIpc) is 3.37. The SMILES string of the molecule is CCCCCCCCCCCCCCC(N)(CCCCCCCCCCCCCC)C(CCCCCCCCCCCC)(CCCCCCCCCCCCCC)CCCCCCCCCCCCCC. The highest BCUT2D eigenvalue weighted by Gasteiger charge is 2.46. The second-order valence-corrected chi connectivity index (χ2v) is 24.9. The van der Waals surface area contributed by atoms with Crippen LogP contribution in [0.1, 0.15) is 439 Å². The predicted molar refractivity (Wildman–Crippen MR) is 329 cm³/mol. The average molecular weight is 999 g/mol. The highest BCUT2D eigenvalue weighted by Crippen LogP contribution is 2.50. The molecular weight excluding hydrogens is 855 g/mol. The third-order valence-corrected chi connectivity index (χ3v) is 18.0. The Hall–Kier alpha value is -0.0400. The molecule has 0 aromatic heterocycles. The minimum absolute atomic E-state index is 0.0127. The third-order valence-electron chi connectivity index (χ3n) is 18.0. The summed E-state index contributed by atoms with van der Waals surface area (Å²) >= 11 is 0. The standard InChI is InChI=1S/C70H143N/c1-6-11-16-21-26-31-36-40-45-50-55-60-65-69(64-59-54-49-44-35-30-25-20-15-10-5,66-61-56-51-46-41-37-32-27-22-17-12-7-2)70(71,67-62-57-52-47-42-38-33-28-23-18-13-8-3)68-63-58-53-48-43-39-34-29-24-19-14-9-4/h6-68,71H2,1-5H3. The van der Waals surface area contributed by atoms with Gasteiger partial charge >= 0.3 is 0 Å². The van der Waals surface area contributed by atoms with E-state index in [1.54, 1.807) is 0 Å². The Labute approximate surface area is 453 Å². The normalized spacial score (nSPS) is 12.3. The van der Waals surface area contributed by atoms with E-state index >= 15 is 0 Å². The van der Waals surface area contributed by atoms with Crippen LogP contribution in [0.5, 0.6) is 0 Å². The van der Waals surface area contributed by atoms with Crippen LogP contribution in [0.2, 0.25) is 0 Å². The first-order valence-electron chi connectivity index (χ1n) is 34.8. The summed E-state index contributed by atoms with van der Waals surface area (Å²) < 4.78 is 0. The predicted octanol–water partition coefficient (Wildman–Crippen LogP) is 26.3. The molecule has 0 aromatic rings. The fraction of sp³-hybridized carbons (Fsp3) is 1.00. The van der Waals surface area contributed by atoms with Crippen LogP contribution in [0.25, 0.3) is 0 Å². The Kier molecular flexibility index (Phi) is 59.2. The molecule has 0 aliphatic heterocycles. The zero-order valence-corrected chi connectivity index (χ0v) is 51.1. The fourth-order valence-electron chi connectivity index (χ4n) is 12.9. The molecule has 428 valence electrons. The van der Waals surface area contributed by atoms with Crippen molar-refractivity contribution in [3.05, 3.63) is 0 Å². The van der Waals surface area contributed by atoms with Gasteiger partial charge in [0.2, 0.25) is 0 Å². The van der Waals surface area contributed by atoms with E-state index in [0.717, 1.165) is 0 Å². The van der Waals surface area contributed by atoms with Crippen molar-refractivity contribution >= 4 is 0 Å². The van der Waals surface area contributed by atoms with Crippen LogP contribution in [0.3, 0.4) is 0 Å². The van der Waals surface area contributed by atoms with E-state index in [2.05, 4.69) is 34.6 Å². The number of hydrogen-bond acceptors (Lipinski definition) is 1. The highest BCUT2D eigenvalue weighted by molar-refractivity contribution is 5.02. The van der Waals surface area contributed by atoms with Gasteiger partial charge in [-0.3, -0.25) is 0 Å². The number of unbranched alkanes of at least 4 members (excludes halogenated alkanes) is 53. The molecule has 0 aromatic carbocycles. The molecule has 0 rings (SSSR count). The summed E-state index contributed by atoms with van der Waals surface area (Å²) in [5.74, 6) is 0. The summed E-state index contributed by atoms with van der Waals surface area (Å²) in [6, 6.07) is 0. The summed E-state index contributed by atoms with van der Waals surface area (Å²) in [5.41, 5.74) is 8.68. The molecule has 0 fully saturated rings. The Morgan fingerprint density at radius 2 is 0.268 bits per heavy atom. The molecule has 0 saturated carbocycles. The highest BCUT2D eigenvalue weighted by atomic mass is 14.8. The lowest BCUT2D eigenvalue weighted by Gasteiger charge is -2.51. The van der Waals surface area contributed by atoms with Crippen molar-refractivity contribution in [3.8, 4) is 0 Å². The molecule has 0 spiro atoms. The molecule has 2 N–H and O–H groups in total. The van der Waals surface area contributed by atoms with Crippen LogP contribution in [0.4, 0.5) is 0 Å². The Morgan fingerprint density at radius 1 is 0.155 bits per heavy atom.